The van der Waals surface area contributed by atoms with Gasteiger partial charge in [-0.05, 0) is 68.1 Å². The van der Waals surface area contributed by atoms with E-state index in [1.165, 1.54) is 17.5 Å². The smallest absolute Gasteiger partial charge is 0.246 e. The molecule has 1 saturated heterocycles. The van der Waals surface area contributed by atoms with Gasteiger partial charge in [-0.1, -0.05) is 6.07 Å². The lowest BCUT2D eigenvalue weighted by molar-refractivity contribution is -0.123. The van der Waals surface area contributed by atoms with E-state index < -0.39 is 15.8 Å². The molecule has 0 saturated carbocycles. The zero-order valence-corrected chi connectivity index (χ0v) is 18.5. The van der Waals surface area contributed by atoms with Crippen LogP contribution in [0.1, 0.15) is 24.0 Å². The summed E-state index contributed by atoms with van der Waals surface area (Å²) in [5, 5.41) is 0. The number of carbonyl (C=O) groups is 1. The van der Waals surface area contributed by atoms with E-state index in [1.807, 2.05) is 32.0 Å². The topological polar surface area (TPSA) is 66.9 Å². The largest absolute Gasteiger partial charge is 0.495 e. The van der Waals surface area contributed by atoms with E-state index in [0.717, 1.165) is 28.9 Å². The van der Waals surface area contributed by atoms with Gasteiger partial charge in [0.15, 0.2) is 0 Å². The molecule has 30 heavy (non-hydrogen) atoms. The molecule has 0 aromatic heterocycles. The number of piperidine rings is 1. The minimum absolute atomic E-state index is 0.0290. The van der Waals surface area contributed by atoms with Gasteiger partial charge in [0.2, 0.25) is 15.9 Å². The van der Waals surface area contributed by atoms with E-state index in [4.69, 9.17) is 4.74 Å². The van der Waals surface area contributed by atoms with Crippen LogP contribution in [0.2, 0.25) is 0 Å². The molecule has 162 valence electrons. The number of methoxy groups -OCH3 is 1. The summed E-state index contributed by atoms with van der Waals surface area (Å²) in [6.07, 6.45) is 0.815. The molecule has 0 bridgehead atoms. The number of aryl methyl sites for hydroxylation is 2. The first kappa shape index (κ1) is 22.2. The number of rotatable bonds is 5. The van der Waals surface area contributed by atoms with Crippen molar-refractivity contribution < 1.29 is 22.3 Å². The first-order valence-electron chi connectivity index (χ1n) is 9.83. The number of ether oxygens (including phenoxy) is 1. The SMILES string of the molecule is COc1ccc(F)cc1S(=O)(=O)N1CCC(C(=O)N(C)c2ccc(C)c(C)c2)CC1. The second-order valence-electron chi connectivity index (χ2n) is 7.64. The predicted molar refractivity (Wildman–Crippen MR) is 114 cm³/mol. The van der Waals surface area contributed by atoms with Crippen LogP contribution in [0.5, 0.6) is 5.75 Å². The Balaban J connectivity index is 1.71. The van der Waals surface area contributed by atoms with Gasteiger partial charge in [0.1, 0.15) is 16.5 Å². The predicted octanol–water partition coefficient (Wildman–Crippen LogP) is 3.51. The molecule has 0 spiro atoms. The van der Waals surface area contributed by atoms with E-state index in [0.29, 0.717) is 12.8 Å². The number of benzene rings is 2. The van der Waals surface area contributed by atoms with Crippen LogP contribution in [0.4, 0.5) is 10.1 Å². The van der Waals surface area contributed by atoms with Gasteiger partial charge in [0.25, 0.3) is 0 Å². The molecule has 0 aliphatic carbocycles. The molecular formula is C22H27FN2O4S. The summed E-state index contributed by atoms with van der Waals surface area (Å²) < 4.78 is 46.1. The highest BCUT2D eigenvalue weighted by Gasteiger charge is 2.35. The number of carbonyl (C=O) groups excluding carboxylic acids is 1. The van der Waals surface area contributed by atoms with Crippen LogP contribution in [-0.4, -0.2) is 45.9 Å². The van der Waals surface area contributed by atoms with Crippen molar-refractivity contribution in [3.05, 3.63) is 53.3 Å². The minimum Gasteiger partial charge on any atom is -0.495 e. The van der Waals surface area contributed by atoms with Crippen molar-refractivity contribution >= 4 is 21.6 Å². The van der Waals surface area contributed by atoms with Crippen LogP contribution in [0.25, 0.3) is 0 Å². The molecule has 0 atom stereocenters. The molecule has 2 aromatic carbocycles. The van der Waals surface area contributed by atoms with Crippen LogP contribution in [0.3, 0.4) is 0 Å². The lowest BCUT2D eigenvalue weighted by atomic mass is 9.96. The van der Waals surface area contributed by atoms with Gasteiger partial charge in [0, 0.05) is 31.7 Å². The maximum absolute atomic E-state index is 13.7. The molecule has 1 amide bonds. The Kier molecular flexibility index (Phi) is 6.47. The van der Waals surface area contributed by atoms with Crippen LogP contribution in [-0.2, 0) is 14.8 Å². The maximum atomic E-state index is 13.7. The molecule has 1 fully saturated rings. The van der Waals surface area contributed by atoms with Crippen molar-refractivity contribution in [2.45, 2.75) is 31.6 Å². The number of nitrogens with zero attached hydrogens (tertiary/aromatic N) is 2. The first-order valence-corrected chi connectivity index (χ1v) is 11.3. The lowest BCUT2D eigenvalue weighted by Gasteiger charge is -2.33. The van der Waals surface area contributed by atoms with Crippen molar-refractivity contribution in [2.75, 3.05) is 32.1 Å². The number of amides is 1. The van der Waals surface area contributed by atoms with Gasteiger partial charge < -0.3 is 9.64 Å². The fourth-order valence-corrected chi connectivity index (χ4v) is 5.31. The summed E-state index contributed by atoms with van der Waals surface area (Å²) >= 11 is 0. The second kappa shape index (κ2) is 8.73. The summed E-state index contributed by atoms with van der Waals surface area (Å²) in [5.74, 6) is -0.838. The van der Waals surface area contributed by atoms with E-state index >= 15 is 0 Å². The number of halogens is 1. The highest BCUT2D eigenvalue weighted by molar-refractivity contribution is 7.89. The molecule has 0 radical (unpaired) electrons. The quantitative estimate of drug-likeness (QED) is 0.722. The molecule has 8 heteroatoms. The summed E-state index contributed by atoms with van der Waals surface area (Å²) in [6.45, 7) is 4.41. The summed E-state index contributed by atoms with van der Waals surface area (Å²) in [5.41, 5.74) is 3.09. The van der Waals surface area contributed by atoms with Gasteiger partial charge in [-0.25, -0.2) is 12.8 Å². The molecule has 1 aliphatic heterocycles. The van der Waals surface area contributed by atoms with Crippen LogP contribution >= 0.6 is 0 Å². The Morgan fingerprint density at radius 1 is 1.10 bits per heavy atom. The Hall–Kier alpha value is -2.45. The van der Waals surface area contributed by atoms with Crippen molar-refractivity contribution in [1.29, 1.82) is 0 Å². The lowest BCUT2D eigenvalue weighted by Crippen LogP contribution is -2.43. The first-order chi connectivity index (χ1) is 14.1. The summed E-state index contributed by atoms with van der Waals surface area (Å²) in [6, 6.07) is 9.30. The van der Waals surface area contributed by atoms with E-state index in [1.54, 1.807) is 11.9 Å². The molecule has 2 aromatic rings. The van der Waals surface area contributed by atoms with Crippen molar-refractivity contribution in [3.63, 3.8) is 0 Å². The summed E-state index contributed by atoms with van der Waals surface area (Å²) in [4.78, 5) is 14.4. The summed E-state index contributed by atoms with van der Waals surface area (Å²) in [7, 11) is -0.826. The van der Waals surface area contributed by atoms with Crippen LogP contribution in [0.15, 0.2) is 41.3 Å². The number of sulfonamides is 1. The minimum atomic E-state index is -3.92. The standard InChI is InChI=1S/C22H27FN2O4S/c1-15-5-7-19(13-16(15)2)24(3)22(26)17-9-11-25(12-10-17)30(27,28)21-14-18(23)6-8-20(21)29-4/h5-8,13-14,17H,9-12H2,1-4H3. The number of anilines is 1. The second-order valence-corrected chi connectivity index (χ2v) is 9.55. The normalized spacial score (nSPS) is 15.8. The third-order valence-corrected chi connectivity index (χ3v) is 7.67. The number of hydrogen-bond acceptors (Lipinski definition) is 4. The third kappa shape index (κ3) is 4.34. The molecule has 0 unspecified atom stereocenters. The fraction of sp³-hybridized carbons (Fsp3) is 0.409. The fourth-order valence-electron chi connectivity index (χ4n) is 3.67. The Morgan fingerprint density at radius 2 is 1.77 bits per heavy atom. The van der Waals surface area contributed by atoms with Crippen molar-refractivity contribution in [3.8, 4) is 5.75 Å². The Bertz CT molecular complexity index is 1050. The average Bonchev–Trinajstić information content (AvgIpc) is 2.74. The van der Waals surface area contributed by atoms with E-state index in [2.05, 4.69) is 0 Å². The van der Waals surface area contributed by atoms with Gasteiger partial charge in [-0.15, -0.1) is 0 Å². The average molecular weight is 435 g/mol. The van der Waals surface area contributed by atoms with Gasteiger partial charge in [-0.3, -0.25) is 4.79 Å². The Labute approximate surface area is 177 Å². The van der Waals surface area contributed by atoms with Crippen molar-refractivity contribution in [2.24, 2.45) is 5.92 Å². The van der Waals surface area contributed by atoms with Crippen molar-refractivity contribution in [1.82, 2.24) is 4.31 Å². The van der Waals surface area contributed by atoms with Gasteiger partial charge in [-0.2, -0.15) is 4.31 Å². The van der Waals surface area contributed by atoms with E-state index in [-0.39, 0.29) is 35.6 Å². The number of hydrogen-bond donors (Lipinski definition) is 0. The van der Waals surface area contributed by atoms with Crippen LogP contribution in [0, 0.1) is 25.6 Å². The molecule has 6 nitrogen and oxygen atoms in total. The Morgan fingerprint density at radius 3 is 2.37 bits per heavy atom. The molecule has 1 aliphatic rings. The molecule has 1 heterocycles. The van der Waals surface area contributed by atoms with Crippen LogP contribution < -0.4 is 9.64 Å². The third-order valence-electron chi connectivity index (χ3n) is 5.76. The highest BCUT2D eigenvalue weighted by atomic mass is 32.2. The monoisotopic (exact) mass is 434 g/mol. The molecule has 3 rings (SSSR count). The van der Waals surface area contributed by atoms with E-state index in [9.17, 15) is 17.6 Å². The molecule has 0 N–H and O–H groups in total. The zero-order valence-electron chi connectivity index (χ0n) is 17.7. The zero-order chi connectivity index (χ0) is 22.1. The molecular weight excluding hydrogens is 407 g/mol. The highest BCUT2D eigenvalue weighted by Crippen LogP contribution is 2.31. The van der Waals surface area contributed by atoms with Gasteiger partial charge >= 0.3 is 0 Å². The van der Waals surface area contributed by atoms with Gasteiger partial charge in [0.05, 0.1) is 7.11 Å². The maximum Gasteiger partial charge on any atom is 0.246 e.